The first kappa shape index (κ1) is 13.7. The molecular formula is C12H9FN2O5. The van der Waals surface area contributed by atoms with Crippen molar-refractivity contribution in [1.29, 1.82) is 0 Å². The summed E-state index contributed by atoms with van der Waals surface area (Å²) in [7, 11) is 0. The van der Waals surface area contributed by atoms with Gasteiger partial charge in [0.15, 0.2) is 17.8 Å². The highest BCUT2D eigenvalue weighted by Gasteiger charge is 2.26. The van der Waals surface area contributed by atoms with E-state index in [-0.39, 0.29) is 23.6 Å². The molecule has 2 aromatic rings. The summed E-state index contributed by atoms with van der Waals surface area (Å²) in [5, 5.41) is 10.9. The summed E-state index contributed by atoms with van der Waals surface area (Å²) in [6.07, 6.45) is 0.967. The van der Waals surface area contributed by atoms with Crippen molar-refractivity contribution in [3.8, 4) is 11.3 Å². The molecule has 0 bridgehead atoms. The third-order valence-electron chi connectivity index (χ3n) is 2.44. The standard InChI is InChI=1S/C12H9FN2O5/c1-2-19-12(16)10-11(20-6-14-10)8-4-3-7(13)5-9(8)15(17)18/h3-6H,2H2,1H3. The fraction of sp³-hybridized carbons (Fsp3) is 0.167. The number of nitro groups is 1. The lowest BCUT2D eigenvalue weighted by atomic mass is 10.1. The normalized spacial score (nSPS) is 10.3. The summed E-state index contributed by atoms with van der Waals surface area (Å²) in [6, 6.07) is 2.92. The van der Waals surface area contributed by atoms with Crippen molar-refractivity contribution >= 4 is 11.7 Å². The molecule has 0 atom stereocenters. The molecule has 1 aromatic heterocycles. The quantitative estimate of drug-likeness (QED) is 0.485. The predicted octanol–water partition coefficient (Wildman–Crippen LogP) is 2.57. The van der Waals surface area contributed by atoms with E-state index in [9.17, 15) is 19.3 Å². The zero-order valence-corrected chi connectivity index (χ0v) is 10.3. The smallest absolute Gasteiger partial charge is 0.360 e. The minimum atomic E-state index is -0.769. The molecule has 0 aliphatic rings. The van der Waals surface area contributed by atoms with Crippen LogP contribution in [0.1, 0.15) is 17.4 Å². The van der Waals surface area contributed by atoms with Gasteiger partial charge < -0.3 is 9.15 Å². The first-order valence-electron chi connectivity index (χ1n) is 5.59. The molecule has 0 unspecified atom stereocenters. The Morgan fingerprint density at radius 3 is 2.95 bits per heavy atom. The van der Waals surface area contributed by atoms with Crippen molar-refractivity contribution in [3.63, 3.8) is 0 Å². The van der Waals surface area contributed by atoms with E-state index < -0.39 is 22.4 Å². The maximum Gasteiger partial charge on any atom is 0.360 e. The van der Waals surface area contributed by atoms with Crippen molar-refractivity contribution in [2.75, 3.05) is 6.61 Å². The highest BCUT2D eigenvalue weighted by molar-refractivity contribution is 5.94. The topological polar surface area (TPSA) is 95.5 Å². The Morgan fingerprint density at radius 2 is 2.30 bits per heavy atom. The zero-order chi connectivity index (χ0) is 14.7. The molecule has 104 valence electrons. The minimum Gasteiger partial charge on any atom is -0.461 e. The molecule has 0 fully saturated rings. The Bertz CT molecular complexity index is 668. The number of benzene rings is 1. The monoisotopic (exact) mass is 280 g/mol. The molecule has 1 heterocycles. The van der Waals surface area contributed by atoms with Gasteiger partial charge in [0.25, 0.3) is 5.69 Å². The molecule has 0 aliphatic carbocycles. The summed E-state index contributed by atoms with van der Waals surface area (Å²) in [4.78, 5) is 25.5. The van der Waals surface area contributed by atoms with Gasteiger partial charge in [-0.05, 0) is 19.1 Å². The summed E-state index contributed by atoms with van der Waals surface area (Å²) in [6.45, 7) is 1.73. The Morgan fingerprint density at radius 1 is 1.55 bits per heavy atom. The van der Waals surface area contributed by atoms with Crippen LogP contribution in [0, 0.1) is 15.9 Å². The number of rotatable bonds is 4. The lowest BCUT2D eigenvalue weighted by molar-refractivity contribution is -0.384. The van der Waals surface area contributed by atoms with Crippen LogP contribution < -0.4 is 0 Å². The number of hydrogen-bond donors (Lipinski definition) is 0. The van der Waals surface area contributed by atoms with Gasteiger partial charge in [-0.1, -0.05) is 0 Å². The van der Waals surface area contributed by atoms with E-state index >= 15 is 0 Å². The molecule has 0 N–H and O–H groups in total. The van der Waals surface area contributed by atoms with Gasteiger partial charge in [-0.3, -0.25) is 10.1 Å². The second-order valence-electron chi connectivity index (χ2n) is 3.67. The largest absolute Gasteiger partial charge is 0.461 e. The van der Waals surface area contributed by atoms with E-state index in [4.69, 9.17) is 9.15 Å². The first-order chi connectivity index (χ1) is 9.54. The number of carbonyl (C=O) groups is 1. The number of aromatic nitrogens is 1. The van der Waals surface area contributed by atoms with E-state index in [0.29, 0.717) is 0 Å². The number of hydrogen-bond acceptors (Lipinski definition) is 6. The van der Waals surface area contributed by atoms with Gasteiger partial charge in [-0.2, -0.15) is 0 Å². The molecule has 7 nitrogen and oxygen atoms in total. The van der Waals surface area contributed by atoms with Crippen molar-refractivity contribution in [1.82, 2.24) is 4.98 Å². The van der Waals surface area contributed by atoms with E-state index in [1.165, 1.54) is 0 Å². The second-order valence-corrected chi connectivity index (χ2v) is 3.67. The zero-order valence-electron chi connectivity index (χ0n) is 10.3. The fourth-order valence-corrected chi connectivity index (χ4v) is 1.63. The third-order valence-corrected chi connectivity index (χ3v) is 2.44. The average molecular weight is 280 g/mol. The Labute approximate surface area is 112 Å². The molecule has 0 spiro atoms. The SMILES string of the molecule is CCOC(=O)c1ncoc1-c1ccc(F)cc1[N+](=O)[O-]. The molecular weight excluding hydrogens is 271 g/mol. The van der Waals surface area contributed by atoms with Crippen LogP contribution in [-0.2, 0) is 4.74 Å². The number of oxazole rings is 1. The van der Waals surface area contributed by atoms with E-state index in [1.54, 1.807) is 6.92 Å². The highest BCUT2D eigenvalue weighted by Crippen LogP contribution is 2.32. The highest BCUT2D eigenvalue weighted by atomic mass is 19.1. The van der Waals surface area contributed by atoms with Gasteiger partial charge in [0, 0.05) is 0 Å². The number of ether oxygens (including phenoxy) is 1. The lowest BCUT2D eigenvalue weighted by Gasteiger charge is -2.02. The van der Waals surface area contributed by atoms with Gasteiger partial charge in [0.05, 0.1) is 23.2 Å². The van der Waals surface area contributed by atoms with E-state index in [1.807, 2.05) is 0 Å². The Hall–Kier alpha value is -2.77. The molecule has 0 saturated heterocycles. The van der Waals surface area contributed by atoms with Gasteiger partial charge >= 0.3 is 5.97 Å². The van der Waals surface area contributed by atoms with Gasteiger partial charge in [0.1, 0.15) is 5.82 Å². The first-order valence-corrected chi connectivity index (χ1v) is 5.59. The van der Waals surface area contributed by atoms with Gasteiger partial charge in [-0.15, -0.1) is 0 Å². The molecule has 1 aromatic carbocycles. The van der Waals surface area contributed by atoms with Crippen molar-refractivity contribution < 1.29 is 23.3 Å². The summed E-state index contributed by atoms with van der Waals surface area (Å²) in [5.74, 6) is -1.66. The number of carbonyl (C=O) groups excluding carboxylic acids is 1. The van der Waals surface area contributed by atoms with Crippen LogP contribution in [0.15, 0.2) is 29.0 Å². The molecule has 0 radical (unpaired) electrons. The van der Waals surface area contributed by atoms with Crippen molar-refractivity contribution in [2.45, 2.75) is 6.92 Å². The summed E-state index contributed by atoms with van der Waals surface area (Å²) >= 11 is 0. The van der Waals surface area contributed by atoms with Crippen LogP contribution >= 0.6 is 0 Å². The number of nitro benzene ring substituents is 1. The third kappa shape index (κ3) is 2.48. The van der Waals surface area contributed by atoms with Gasteiger partial charge in [-0.25, -0.2) is 14.2 Å². The minimum absolute atomic E-state index is 0.0445. The Kier molecular flexibility index (Phi) is 3.74. The molecule has 2 rings (SSSR count). The predicted molar refractivity (Wildman–Crippen MR) is 64.5 cm³/mol. The molecule has 0 saturated carbocycles. The maximum absolute atomic E-state index is 13.1. The molecule has 20 heavy (non-hydrogen) atoms. The average Bonchev–Trinajstić information content (AvgIpc) is 2.88. The van der Waals surface area contributed by atoms with Crippen LogP contribution in [-0.4, -0.2) is 22.5 Å². The van der Waals surface area contributed by atoms with E-state index in [2.05, 4.69) is 4.98 Å². The van der Waals surface area contributed by atoms with Crippen molar-refractivity contribution in [2.24, 2.45) is 0 Å². The lowest BCUT2D eigenvalue weighted by Crippen LogP contribution is -2.06. The second kappa shape index (κ2) is 5.47. The van der Waals surface area contributed by atoms with Gasteiger partial charge in [0.2, 0.25) is 0 Å². The Balaban J connectivity index is 2.55. The number of nitrogens with zero attached hydrogens (tertiary/aromatic N) is 2. The van der Waals surface area contributed by atoms with Crippen LogP contribution in [0.25, 0.3) is 11.3 Å². The van der Waals surface area contributed by atoms with Crippen LogP contribution in [0.5, 0.6) is 0 Å². The molecule has 8 heteroatoms. The van der Waals surface area contributed by atoms with Crippen molar-refractivity contribution in [3.05, 3.63) is 46.2 Å². The van der Waals surface area contributed by atoms with E-state index in [0.717, 1.165) is 24.6 Å². The number of halogens is 1. The maximum atomic E-state index is 13.1. The molecule has 0 aliphatic heterocycles. The molecule has 0 amide bonds. The van der Waals surface area contributed by atoms with Crippen LogP contribution in [0.2, 0.25) is 0 Å². The van der Waals surface area contributed by atoms with Crippen LogP contribution in [0.3, 0.4) is 0 Å². The fourth-order valence-electron chi connectivity index (χ4n) is 1.63. The van der Waals surface area contributed by atoms with Crippen LogP contribution in [0.4, 0.5) is 10.1 Å². The number of esters is 1. The summed E-state index contributed by atoms with van der Waals surface area (Å²) in [5.41, 5.74) is -0.759. The summed E-state index contributed by atoms with van der Waals surface area (Å²) < 4.78 is 22.9.